The first-order valence-corrected chi connectivity index (χ1v) is 11.7. The van der Waals surface area contributed by atoms with Crippen LogP contribution in [0.15, 0.2) is 77.5 Å². The van der Waals surface area contributed by atoms with Gasteiger partial charge in [0.1, 0.15) is 23.0 Å². The number of aromatic nitrogens is 3. The topological polar surface area (TPSA) is 67.1 Å². The number of benzene rings is 2. The van der Waals surface area contributed by atoms with Gasteiger partial charge in [0, 0.05) is 48.9 Å². The summed E-state index contributed by atoms with van der Waals surface area (Å²) in [5.41, 5.74) is 7.33. The largest absolute Gasteiger partial charge is 0.464 e. The zero-order chi connectivity index (χ0) is 24.5. The Hall–Kier alpha value is -4.19. The van der Waals surface area contributed by atoms with Gasteiger partial charge in [-0.2, -0.15) is 0 Å². The van der Waals surface area contributed by atoms with Gasteiger partial charge in [-0.15, -0.1) is 0 Å². The van der Waals surface area contributed by atoms with Crippen LogP contribution in [-0.4, -0.2) is 29.0 Å². The first-order chi connectivity index (χ1) is 16.9. The number of pyridine rings is 1. The third-order valence-electron chi connectivity index (χ3n) is 6.19. The summed E-state index contributed by atoms with van der Waals surface area (Å²) in [6, 6.07) is 20.9. The van der Waals surface area contributed by atoms with Crippen LogP contribution in [0.3, 0.4) is 0 Å². The zero-order valence-electron chi connectivity index (χ0n) is 20.7. The van der Waals surface area contributed by atoms with Crippen molar-refractivity contribution in [2.24, 2.45) is 0 Å². The van der Waals surface area contributed by atoms with E-state index < -0.39 is 0 Å². The van der Waals surface area contributed by atoms with Crippen molar-refractivity contribution in [3.8, 4) is 22.4 Å². The molecule has 0 aliphatic carbocycles. The zero-order valence-corrected chi connectivity index (χ0v) is 20.7. The quantitative estimate of drug-likeness (QED) is 0.298. The van der Waals surface area contributed by atoms with Gasteiger partial charge in [-0.25, -0.2) is 15.0 Å². The monoisotopic (exact) mass is 463 g/mol. The third-order valence-corrected chi connectivity index (χ3v) is 6.19. The molecule has 0 saturated heterocycles. The summed E-state index contributed by atoms with van der Waals surface area (Å²) >= 11 is 0. The van der Waals surface area contributed by atoms with Crippen molar-refractivity contribution in [2.45, 2.75) is 26.8 Å². The minimum Gasteiger partial charge on any atom is -0.464 e. The van der Waals surface area contributed by atoms with E-state index in [9.17, 15) is 0 Å². The summed E-state index contributed by atoms with van der Waals surface area (Å²) in [5.74, 6) is 2.46. The summed E-state index contributed by atoms with van der Waals surface area (Å²) < 4.78 is 5.60. The maximum atomic E-state index is 5.60. The van der Waals surface area contributed by atoms with Crippen molar-refractivity contribution in [2.75, 3.05) is 24.3 Å². The molecule has 5 rings (SSSR count). The van der Waals surface area contributed by atoms with E-state index in [0.717, 1.165) is 56.4 Å². The normalized spacial score (nSPS) is 12.0. The summed E-state index contributed by atoms with van der Waals surface area (Å²) in [6.45, 7) is 6.12. The fourth-order valence-electron chi connectivity index (χ4n) is 4.22. The Balaban J connectivity index is 1.40. The molecule has 0 aliphatic rings. The lowest BCUT2D eigenvalue weighted by atomic mass is 10.0. The van der Waals surface area contributed by atoms with Gasteiger partial charge in [-0.3, -0.25) is 0 Å². The molecular formula is C29H29N5O. The predicted molar refractivity (Wildman–Crippen MR) is 143 cm³/mol. The Kier molecular flexibility index (Phi) is 5.95. The molecule has 0 spiro atoms. The Bertz CT molecular complexity index is 1490. The van der Waals surface area contributed by atoms with E-state index in [-0.39, 0.29) is 6.04 Å². The molecule has 0 saturated carbocycles. The van der Waals surface area contributed by atoms with Crippen molar-refractivity contribution < 1.29 is 4.42 Å². The molecule has 0 fully saturated rings. The molecule has 0 aliphatic heterocycles. The summed E-state index contributed by atoms with van der Waals surface area (Å²) in [7, 11) is 3.99. The molecule has 3 aromatic heterocycles. The highest BCUT2D eigenvalue weighted by Crippen LogP contribution is 2.29. The standard InChI is InChI=1S/C29H29N5O/c1-18-17-35-27-11-9-23(14-25(18)27)26-15-28(33-20(3)32-26)31-19(2)21-7-6-8-22(13-21)24-10-12-29(30-16-24)34(4)5/h6-17,19H,1-5H3,(H,31,32,33)/t19-/m0/s1. The van der Waals surface area contributed by atoms with Crippen LogP contribution in [0.4, 0.5) is 11.6 Å². The Morgan fingerprint density at radius 3 is 2.49 bits per heavy atom. The van der Waals surface area contributed by atoms with E-state index in [4.69, 9.17) is 4.42 Å². The van der Waals surface area contributed by atoms with Crippen molar-refractivity contribution in [3.05, 3.63) is 90.1 Å². The van der Waals surface area contributed by atoms with Crippen LogP contribution in [-0.2, 0) is 0 Å². The summed E-state index contributed by atoms with van der Waals surface area (Å²) in [5, 5.41) is 4.67. The van der Waals surface area contributed by atoms with E-state index >= 15 is 0 Å². The lowest BCUT2D eigenvalue weighted by molar-refractivity contribution is 0.613. The highest BCUT2D eigenvalue weighted by molar-refractivity contribution is 5.85. The number of hydrogen-bond donors (Lipinski definition) is 1. The Morgan fingerprint density at radius 2 is 1.71 bits per heavy atom. The molecule has 1 N–H and O–H groups in total. The number of fused-ring (bicyclic) bond motifs is 1. The fourth-order valence-corrected chi connectivity index (χ4v) is 4.22. The van der Waals surface area contributed by atoms with E-state index in [1.165, 1.54) is 5.56 Å². The maximum absolute atomic E-state index is 5.60. The summed E-state index contributed by atoms with van der Waals surface area (Å²) in [4.78, 5) is 15.9. The molecule has 6 nitrogen and oxygen atoms in total. The van der Waals surface area contributed by atoms with Gasteiger partial charge in [-0.05, 0) is 73.9 Å². The van der Waals surface area contributed by atoms with Gasteiger partial charge in [0.15, 0.2) is 0 Å². The molecule has 6 heteroatoms. The van der Waals surface area contributed by atoms with Gasteiger partial charge in [0.05, 0.1) is 12.0 Å². The molecule has 3 heterocycles. The molecule has 0 unspecified atom stereocenters. The van der Waals surface area contributed by atoms with E-state index in [0.29, 0.717) is 0 Å². The number of rotatable bonds is 6. The number of nitrogens with zero attached hydrogens (tertiary/aromatic N) is 4. The van der Waals surface area contributed by atoms with Crippen LogP contribution in [0.1, 0.15) is 29.9 Å². The van der Waals surface area contributed by atoms with Crippen LogP contribution >= 0.6 is 0 Å². The second-order valence-electron chi connectivity index (χ2n) is 9.11. The van der Waals surface area contributed by atoms with E-state index in [1.807, 2.05) is 56.4 Å². The average Bonchev–Trinajstić information content (AvgIpc) is 3.24. The minimum absolute atomic E-state index is 0.0599. The van der Waals surface area contributed by atoms with Crippen LogP contribution in [0.25, 0.3) is 33.4 Å². The number of nitrogens with one attached hydrogen (secondary N) is 1. The van der Waals surface area contributed by atoms with Gasteiger partial charge in [0.25, 0.3) is 0 Å². The molecule has 0 bridgehead atoms. The number of furan rings is 1. The van der Waals surface area contributed by atoms with E-state index in [1.54, 1.807) is 6.26 Å². The molecule has 5 aromatic rings. The Labute approximate surface area is 205 Å². The lowest BCUT2D eigenvalue weighted by Crippen LogP contribution is -2.10. The molecule has 35 heavy (non-hydrogen) atoms. The smallest absolute Gasteiger partial charge is 0.134 e. The van der Waals surface area contributed by atoms with Crippen molar-refractivity contribution in [1.29, 1.82) is 0 Å². The second-order valence-corrected chi connectivity index (χ2v) is 9.11. The lowest BCUT2D eigenvalue weighted by Gasteiger charge is -2.17. The van der Waals surface area contributed by atoms with Gasteiger partial charge in [-0.1, -0.05) is 18.2 Å². The minimum atomic E-state index is 0.0599. The van der Waals surface area contributed by atoms with Crippen LogP contribution < -0.4 is 10.2 Å². The van der Waals surface area contributed by atoms with Gasteiger partial charge in [0.2, 0.25) is 0 Å². The van der Waals surface area contributed by atoms with Gasteiger partial charge < -0.3 is 14.6 Å². The van der Waals surface area contributed by atoms with Crippen molar-refractivity contribution >= 4 is 22.6 Å². The van der Waals surface area contributed by atoms with Crippen molar-refractivity contribution in [1.82, 2.24) is 15.0 Å². The average molecular weight is 464 g/mol. The van der Waals surface area contributed by atoms with Crippen molar-refractivity contribution in [3.63, 3.8) is 0 Å². The van der Waals surface area contributed by atoms with E-state index in [2.05, 4.69) is 70.5 Å². The number of hydrogen-bond acceptors (Lipinski definition) is 6. The SMILES string of the molecule is Cc1nc(N[C@@H](C)c2cccc(-c3ccc(N(C)C)nc3)c2)cc(-c2ccc3occ(C)c3c2)n1. The van der Waals surface area contributed by atoms with Crippen LogP contribution in [0.5, 0.6) is 0 Å². The maximum Gasteiger partial charge on any atom is 0.134 e. The van der Waals surface area contributed by atoms with Crippen LogP contribution in [0, 0.1) is 13.8 Å². The summed E-state index contributed by atoms with van der Waals surface area (Å²) in [6.07, 6.45) is 3.71. The predicted octanol–water partition coefficient (Wildman–Crippen LogP) is 6.81. The Morgan fingerprint density at radius 1 is 0.886 bits per heavy atom. The molecular weight excluding hydrogens is 434 g/mol. The van der Waals surface area contributed by atoms with Gasteiger partial charge >= 0.3 is 0 Å². The number of anilines is 2. The first-order valence-electron chi connectivity index (χ1n) is 11.7. The molecule has 0 radical (unpaired) electrons. The molecule has 1 atom stereocenters. The second kappa shape index (κ2) is 9.22. The highest BCUT2D eigenvalue weighted by atomic mass is 16.3. The highest BCUT2D eigenvalue weighted by Gasteiger charge is 2.12. The fraction of sp³-hybridized carbons (Fsp3) is 0.207. The number of aryl methyl sites for hydroxylation is 2. The third kappa shape index (κ3) is 4.73. The van der Waals surface area contributed by atoms with Crippen LogP contribution in [0.2, 0.25) is 0 Å². The molecule has 2 aromatic carbocycles. The molecule has 0 amide bonds. The first kappa shape index (κ1) is 22.6. The molecule has 176 valence electrons.